The maximum Gasteiger partial charge on any atom is 0.205 e. The highest BCUT2D eigenvalue weighted by molar-refractivity contribution is 7.15. The van der Waals surface area contributed by atoms with E-state index in [2.05, 4.69) is 22.1 Å². The summed E-state index contributed by atoms with van der Waals surface area (Å²) in [6.45, 7) is 6.56. The molecule has 1 aromatic rings. The van der Waals surface area contributed by atoms with Gasteiger partial charge in [0, 0.05) is 13.0 Å². The van der Waals surface area contributed by atoms with E-state index in [0.717, 1.165) is 23.1 Å². The van der Waals surface area contributed by atoms with Crippen LogP contribution in [0.2, 0.25) is 0 Å². The van der Waals surface area contributed by atoms with E-state index in [1.165, 1.54) is 0 Å². The summed E-state index contributed by atoms with van der Waals surface area (Å²) in [6.07, 6.45) is 2.64. The van der Waals surface area contributed by atoms with E-state index < -0.39 is 0 Å². The standard InChI is InChI=1S/C7H11N3S/c1-3-5-6-9-10-7(11-6)8-4-2/h3H,1,4-5H2,2H3,(H,8,10). The minimum absolute atomic E-state index is 0.809. The first-order valence-electron chi connectivity index (χ1n) is 3.54. The number of hydrogen-bond acceptors (Lipinski definition) is 4. The average molecular weight is 169 g/mol. The number of hydrogen-bond donors (Lipinski definition) is 1. The van der Waals surface area contributed by atoms with Crippen LogP contribution in [0.5, 0.6) is 0 Å². The zero-order valence-electron chi connectivity index (χ0n) is 6.50. The van der Waals surface area contributed by atoms with E-state index in [0.29, 0.717) is 0 Å². The Labute approximate surface area is 70.2 Å². The van der Waals surface area contributed by atoms with Gasteiger partial charge in [-0.25, -0.2) is 0 Å². The molecule has 1 heterocycles. The van der Waals surface area contributed by atoms with Crippen LogP contribution in [0.1, 0.15) is 11.9 Å². The summed E-state index contributed by atoms with van der Waals surface area (Å²) in [4.78, 5) is 0. The Morgan fingerprint density at radius 3 is 3.09 bits per heavy atom. The summed E-state index contributed by atoms with van der Waals surface area (Å²) in [5.41, 5.74) is 0. The second-order valence-corrected chi connectivity index (χ2v) is 3.09. The van der Waals surface area contributed by atoms with Crippen LogP contribution >= 0.6 is 11.3 Å². The molecule has 0 fully saturated rings. The second-order valence-electron chi connectivity index (χ2n) is 2.02. The third kappa shape index (κ3) is 2.31. The van der Waals surface area contributed by atoms with Gasteiger partial charge in [0.25, 0.3) is 0 Å². The van der Waals surface area contributed by atoms with E-state index in [4.69, 9.17) is 0 Å². The lowest BCUT2D eigenvalue weighted by Crippen LogP contribution is -1.94. The van der Waals surface area contributed by atoms with Crippen LogP contribution in [0.25, 0.3) is 0 Å². The summed E-state index contributed by atoms with van der Waals surface area (Å²) in [7, 11) is 0. The van der Waals surface area contributed by atoms with Crippen LogP contribution in [-0.4, -0.2) is 16.7 Å². The predicted molar refractivity (Wildman–Crippen MR) is 48.0 cm³/mol. The smallest absolute Gasteiger partial charge is 0.205 e. The van der Waals surface area contributed by atoms with Gasteiger partial charge in [0.1, 0.15) is 5.01 Å². The van der Waals surface area contributed by atoms with Gasteiger partial charge in [0.05, 0.1) is 0 Å². The summed E-state index contributed by atoms with van der Waals surface area (Å²) in [5.74, 6) is 0. The van der Waals surface area contributed by atoms with E-state index >= 15 is 0 Å². The Morgan fingerprint density at radius 1 is 1.64 bits per heavy atom. The second kappa shape index (κ2) is 4.08. The highest BCUT2D eigenvalue weighted by Crippen LogP contribution is 2.14. The van der Waals surface area contributed by atoms with Crippen molar-refractivity contribution >= 4 is 16.5 Å². The molecule has 3 nitrogen and oxygen atoms in total. The first kappa shape index (κ1) is 8.20. The van der Waals surface area contributed by atoms with Gasteiger partial charge in [-0.2, -0.15) is 0 Å². The average Bonchev–Trinajstić information content (AvgIpc) is 2.38. The number of nitrogens with zero attached hydrogens (tertiary/aromatic N) is 2. The zero-order chi connectivity index (χ0) is 8.10. The molecule has 60 valence electrons. The Hall–Kier alpha value is -0.900. The predicted octanol–water partition coefficient (Wildman–Crippen LogP) is 1.70. The normalized spacial score (nSPS) is 9.55. The SMILES string of the molecule is C=CCc1nnc(NCC)s1. The first-order valence-corrected chi connectivity index (χ1v) is 4.35. The Balaban J connectivity index is 2.57. The van der Waals surface area contributed by atoms with Crippen molar-refractivity contribution < 1.29 is 0 Å². The van der Waals surface area contributed by atoms with Gasteiger partial charge >= 0.3 is 0 Å². The third-order valence-electron chi connectivity index (χ3n) is 1.11. The lowest BCUT2D eigenvalue weighted by molar-refractivity contribution is 1.01. The molecule has 0 saturated carbocycles. The molecule has 0 aliphatic carbocycles. The number of rotatable bonds is 4. The minimum atomic E-state index is 0.809. The minimum Gasteiger partial charge on any atom is -0.360 e. The molecule has 1 N–H and O–H groups in total. The fourth-order valence-electron chi connectivity index (χ4n) is 0.682. The van der Waals surface area contributed by atoms with Gasteiger partial charge < -0.3 is 5.32 Å². The fraction of sp³-hybridized carbons (Fsp3) is 0.429. The molecule has 1 aromatic heterocycles. The molecule has 0 atom stereocenters. The molecule has 4 heteroatoms. The maximum absolute atomic E-state index is 3.96. The molecule has 0 radical (unpaired) electrons. The van der Waals surface area contributed by atoms with E-state index in [1.807, 2.05) is 13.0 Å². The number of allylic oxidation sites excluding steroid dienone is 1. The van der Waals surface area contributed by atoms with Gasteiger partial charge in [0.15, 0.2) is 0 Å². The number of aromatic nitrogens is 2. The molecule has 0 aromatic carbocycles. The van der Waals surface area contributed by atoms with Crippen LogP contribution in [0.3, 0.4) is 0 Å². The summed E-state index contributed by atoms with van der Waals surface area (Å²) in [6, 6.07) is 0. The number of nitrogens with one attached hydrogen (secondary N) is 1. The Bertz CT molecular complexity index is 231. The maximum atomic E-state index is 3.96. The summed E-state index contributed by atoms with van der Waals surface area (Å²) < 4.78 is 0. The Kier molecular flexibility index (Phi) is 3.04. The van der Waals surface area contributed by atoms with Gasteiger partial charge in [0.2, 0.25) is 5.13 Å². The topological polar surface area (TPSA) is 37.8 Å². The van der Waals surface area contributed by atoms with Crippen molar-refractivity contribution in [2.75, 3.05) is 11.9 Å². The lowest BCUT2D eigenvalue weighted by atomic mass is 10.5. The van der Waals surface area contributed by atoms with Gasteiger partial charge in [-0.1, -0.05) is 17.4 Å². The lowest BCUT2D eigenvalue weighted by Gasteiger charge is -1.90. The third-order valence-corrected chi connectivity index (χ3v) is 2.02. The highest BCUT2D eigenvalue weighted by Gasteiger charge is 1.99. The Morgan fingerprint density at radius 2 is 2.45 bits per heavy atom. The molecular weight excluding hydrogens is 158 g/mol. The summed E-state index contributed by atoms with van der Waals surface area (Å²) >= 11 is 1.58. The van der Waals surface area contributed by atoms with Crippen molar-refractivity contribution in [3.63, 3.8) is 0 Å². The van der Waals surface area contributed by atoms with Crippen molar-refractivity contribution in [3.8, 4) is 0 Å². The zero-order valence-corrected chi connectivity index (χ0v) is 7.32. The van der Waals surface area contributed by atoms with Crippen LogP contribution in [0.4, 0.5) is 5.13 Å². The van der Waals surface area contributed by atoms with Crippen molar-refractivity contribution in [1.82, 2.24) is 10.2 Å². The molecule has 0 aliphatic rings. The fourth-order valence-corrected chi connectivity index (χ4v) is 1.49. The van der Waals surface area contributed by atoms with Crippen molar-refractivity contribution in [2.24, 2.45) is 0 Å². The molecule has 0 amide bonds. The van der Waals surface area contributed by atoms with Crippen LogP contribution in [0, 0.1) is 0 Å². The molecule has 11 heavy (non-hydrogen) atoms. The molecule has 0 unspecified atom stereocenters. The van der Waals surface area contributed by atoms with E-state index in [9.17, 15) is 0 Å². The van der Waals surface area contributed by atoms with Gasteiger partial charge in [-0.05, 0) is 6.92 Å². The van der Waals surface area contributed by atoms with E-state index in [1.54, 1.807) is 11.3 Å². The van der Waals surface area contributed by atoms with Crippen molar-refractivity contribution in [2.45, 2.75) is 13.3 Å². The molecule has 0 bridgehead atoms. The number of anilines is 1. The largest absolute Gasteiger partial charge is 0.360 e. The molecular formula is C7H11N3S. The van der Waals surface area contributed by atoms with Crippen LogP contribution in [-0.2, 0) is 6.42 Å². The molecule has 0 spiro atoms. The van der Waals surface area contributed by atoms with Crippen LogP contribution in [0.15, 0.2) is 12.7 Å². The molecule has 1 rings (SSSR count). The molecule has 0 saturated heterocycles. The van der Waals surface area contributed by atoms with Crippen LogP contribution < -0.4 is 5.32 Å². The highest BCUT2D eigenvalue weighted by atomic mass is 32.1. The van der Waals surface area contributed by atoms with E-state index in [-0.39, 0.29) is 0 Å². The van der Waals surface area contributed by atoms with Gasteiger partial charge in [-0.15, -0.1) is 16.8 Å². The monoisotopic (exact) mass is 169 g/mol. The van der Waals surface area contributed by atoms with Gasteiger partial charge in [-0.3, -0.25) is 0 Å². The van der Waals surface area contributed by atoms with Crippen molar-refractivity contribution in [3.05, 3.63) is 17.7 Å². The first-order chi connectivity index (χ1) is 5.36. The molecule has 0 aliphatic heterocycles. The summed E-state index contributed by atoms with van der Waals surface area (Å²) in [5, 5.41) is 12.9. The van der Waals surface area contributed by atoms with Crippen molar-refractivity contribution in [1.29, 1.82) is 0 Å². The quantitative estimate of drug-likeness (QED) is 0.697.